The van der Waals surface area contributed by atoms with Gasteiger partial charge in [0.1, 0.15) is 18.9 Å². The molecule has 1 unspecified atom stereocenters. The first-order valence-electron chi connectivity index (χ1n) is 12.1. The van der Waals surface area contributed by atoms with Gasteiger partial charge in [-0.05, 0) is 53.6 Å². The van der Waals surface area contributed by atoms with E-state index in [-0.39, 0.29) is 11.9 Å². The second kappa shape index (κ2) is 9.26. The molecule has 5 heteroatoms. The van der Waals surface area contributed by atoms with Crippen molar-refractivity contribution in [3.8, 4) is 11.8 Å². The number of amides is 1. The molecule has 4 aromatic rings. The van der Waals surface area contributed by atoms with Crippen LogP contribution in [0.1, 0.15) is 51.5 Å². The zero-order valence-corrected chi connectivity index (χ0v) is 19.4. The van der Waals surface area contributed by atoms with E-state index in [1.165, 1.54) is 11.1 Å². The minimum Gasteiger partial charge on any atom is -0.473 e. The van der Waals surface area contributed by atoms with E-state index in [9.17, 15) is 4.79 Å². The Morgan fingerprint density at radius 2 is 1.51 bits per heavy atom. The van der Waals surface area contributed by atoms with E-state index in [0.29, 0.717) is 30.7 Å². The van der Waals surface area contributed by atoms with Gasteiger partial charge in [0.25, 0.3) is 5.91 Å². The Kier molecular flexibility index (Phi) is 5.67. The van der Waals surface area contributed by atoms with Crippen molar-refractivity contribution >= 4 is 11.6 Å². The van der Waals surface area contributed by atoms with E-state index in [0.717, 1.165) is 36.0 Å². The van der Waals surface area contributed by atoms with E-state index in [1.807, 2.05) is 89.8 Å². The largest absolute Gasteiger partial charge is 0.473 e. The Bertz CT molecular complexity index is 1350. The number of rotatable bonds is 7. The summed E-state index contributed by atoms with van der Waals surface area (Å²) in [6, 6.07) is 29.8. The predicted octanol–water partition coefficient (Wildman–Crippen LogP) is 6.28. The number of ether oxygens (including phenoxy) is 2. The minimum absolute atomic E-state index is 0.0121. The van der Waals surface area contributed by atoms with Gasteiger partial charge in [-0.3, -0.25) is 9.69 Å². The number of carbonyl (C=O) groups excluding carboxylic acids is 1. The van der Waals surface area contributed by atoms with Crippen LogP contribution < -0.4 is 14.4 Å². The number of aryl methyl sites for hydroxylation is 1. The Morgan fingerprint density at radius 1 is 0.800 bits per heavy atom. The smallest absolute Gasteiger partial charge is 0.259 e. The monoisotopic (exact) mass is 462 g/mol. The SMILES string of the molecule is O=C1c2cccc3c2C(CCC3)N1c1ccc(OCc2ccccc2)nc1OCc1ccccc1. The predicted molar refractivity (Wildman–Crippen MR) is 135 cm³/mol. The van der Waals surface area contributed by atoms with Crippen LogP contribution in [0.4, 0.5) is 5.69 Å². The molecule has 1 aromatic heterocycles. The Hall–Kier alpha value is -4.12. The van der Waals surface area contributed by atoms with Crippen LogP contribution in [0.15, 0.2) is 91.0 Å². The van der Waals surface area contributed by atoms with Gasteiger partial charge in [0.2, 0.25) is 11.8 Å². The summed E-state index contributed by atoms with van der Waals surface area (Å²) in [6.45, 7) is 0.763. The molecular weight excluding hydrogens is 436 g/mol. The molecule has 0 spiro atoms. The van der Waals surface area contributed by atoms with Crippen LogP contribution in [0, 0.1) is 0 Å². The number of benzene rings is 3. The van der Waals surface area contributed by atoms with Crippen LogP contribution >= 0.6 is 0 Å². The van der Waals surface area contributed by atoms with E-state index < -0.39 is 0 Å². The van der Waals surface area contributed by atoms with Gasteiger partial charge in [0.15, 0.2) is 0 Å². The van der Waals surface area contributed by atoms with Crippen molar-refractivity contribution < 1.29 is 14.3 Å². The van der Waals surface area contributed by atoms with Crippen LogP contribution in [-0.2, 0) is 19.6 Å². The van der Waals surface area contributed by atoms with Gasteiger partial charge < -0.3 is 9.47 Å². The molecule has 0 fully saturated rings. The van der Waals surface area contributed by atoms with Gasteiger partial charge in [0, 0.05) is 11.6 Å². The number of pyridine rings is 1. The van der Waals surface area contributed by atoms with Crippen LogP contribution in [0.3, 0.4) is 0 Å². The lowest BCUT2D eigenvalue weighted by molar-refractivity contribution is 0.0989. The number of hydrogen-bond donors (Lipinski definition) is 0. The second-order valence-corrected chi connectivity index (χ2v) is 8.98. The molecule has 174 valence electrons. The van der Waals surface area contributed by atoms with Crippen molar-refractivity contribution in [1.82, 2.24) is 4.98 Å². The third-order valence-electron chi connectivity index (χ3n) is 6.74. The normalized spacial score (nSPS) is 16.2. The fraction of sp³-hybridized carbons (Fsp3) is 0.200. The average Bonchev–Trinajstić information content (AvgIpc) is 3.20. The van der Waals surface area contributed by atoms with Crippen LogP contribution in [0.2, 0.25) is 0 Å². The van der Waals surface area contributed by atoms with Crippen molar-refractivity contribution in [1.29, 1.82) is 0 Å². The lowest BCUT2D eigenvalue weighted by Gasteiger charge is -2.30. The van der Waals surface area contributed by atoms with Gasteiger partial charge >= 0.3 is 0 Å². The highest BCUT2D eigenvalue weighted by Gasteiger charge is 2.42. The molecule has 0 saturated carbocycles. The first-order chi connectivity index (χ1) is 17.3. The molecule has 6 rings (SSSR count). The highest BCUT2D eigenvalue weighted by atomic mass is 16.5. The van der Waals surface area contributed by atoms with Crippen LogP contribution in [0.25, 0.3) is 0 Å². The Balaban J connectivity index is 1.34. The molecule has 2 aliphatic rings. The number of anilines is 1. The van der Waals surface area contributed by atoms with E-state index in [2.05, 4.69) is 6.07 Å². The van der Waals surface area contributed by atoms with Gasteiger partial charge in [-0.25, -0.2) is 0 Å². The summed E-state index contributed by atoms with van der Waals surface area (Å²) in [5.41, 5.74) is 6.02. The van der Waals surface area contributed by atoms with Crippen molar-refractivity contribution in [3.05, 3.63) is 119 Å². The number of aromatic nitrogens is 1. The summed E-state index contributed by atoms with van der Waals surface area (Å²) in [7, 11) is 0. The average molecular weight is 463 g/mol. The molecule has 1 aliphatic heterocycles. The van der Waals surface area contributed by atoms with Crippen molar-refractivity contribution in [2.45, 2.75) is 38.5 Å². The fourth-order valence-corrected chi connectivity index (χ4v) is 5.09. The molecule has 0 saturated heterocycles. The maximum Gasteiger partial charge on any atom is 0.259 e. The number of carbonyl (C=O) groups is 1. The second-order valence-electron chi connectivity index (χ2n) is 8.98. The zero-order chi connectivity index (χ0) is 23.6. The van der Waals surface area contributed by atoms with E-state index >= 15 is 0 Å². The lowest BCUT2D eigenvalue weighted by Crippen LogP contribution is -2.29. The van der Waals surface area contributed by atoms with Crippen LogP contribution in [0.5, 0.6) is 11.8 Å². The summed E-state index contributed by atoms with van der Waals surface area (Å²) in [6.07, 6.45) is 3.00. The maximum absolute atomic E-state index is 13.6. The quantitative estimate of drug-likeness (QED) is 0.324. The highest BCUT2D eigenvalue weighted by molar-refractivity contribution is 6.12. The molecule has 0 N–H and O–H groups in total. The highest BCUT2D eigenvalue weighted by Crippen LogP contribution is 2.47. The topological polar surface area (TPSA) is 51.7 Å². The molecule has 1 amide bonds. The Labute approximate surface area is 205 Å². The molecule has 3 aromatic carbocycles. The summed E-state index contributed by atoms with van der Waals surface area (Å²) < 4.78 is 12.2. The van der Waals surface area contributed by atoms with Crippen molar-refractivity contribution in [2.75, 3.05) is 4.90 Å². The van der Waals surface area contributed by atoms with Crippen molar-refractivity contribution in [2.24, 2.45) is 0 Å². The molecule has 1 atom stereocenters. The summed E-state index contributed by atoms with van der Waals surface area (Å²) in [4.78, 5) is 20.2. The maximum atomic E-state index is 13.6. The third-order valence-corrected chi connectivity index (χ3v) is 6.74. The third kappa shape index (κ3) is 4.14. The Morgan fingerprint density at radius 3 is 2.26 bits per heavy atom. The molecule has 0 radical (unpaired) electrons. The summed E-state index contributed by atoms with van der Waals surface area (Å²) >= 11 is 0. The van der Waals surface area contributed by atoms with Gasteiger partial charge in [0.05, 0.1) is 6.04 Å². The number of hydrogen-bond acceptors (Lipinski definition) is 4. The first-order valence-corrected chi connectivity index (χ1v) is 12.1. The molecule has 35 heavy (non-hydrogen) atoms. The standard InChI is InChI=1S/C30H26N2O3/c33-30-24-15-7-13-23-14-8-16-25(28(23)24)32(30)26-17-18-27(34-19-21-9-3-1-4-10-21)31-29(26)35-20-22-11-5-2-6-12-22/h1-7,9-13,15,17-18,25H,8,14,16,19-20H2. The molecule has 0 bridgehead atoms. The minimum atomic E-state index is 0.0121. The van der Waals surface area contributed by atoms with Gasteiger partial charge in [-0.1, -0.05) is 72.8 Å². The zero-order valence-electron chi connectivity index (χ0n) is 19.4. The van der Waals surface area contributed by atoms with E-state index in [4.69, 9.17) is 14.5 Å². The van der Waals surface area contributed by atoms with Gasteiger partial charge in [-0.2, -0.15) is 4.98 Å². The van der Waals surface area contributed by atoms with E-state index in [1.54, 1.807) is 0 Å². The van der Waals surface area contributed by atoms with Crippen molar-refractivity contribution in [3.63, 3.8) is 0 Å². The lowest BCUT2D eigenvalue weighted by atomic mass is 9.87. The molecule has 1 aliphatic carbocycles. The fourth-order valence-electron chi connectivity index (χ4n) is 5.09. The summed E-state index contributed by atoms with van der Waals surface area (Å²) in [5.74, 6) is 0.889. The summed E-state index contributed by atoms with van der Waals surface area (Å²) in [5, 5.41) is 0. The molecule has 5 nitrogen and oxygen atoms in total. The van der Waals surface area contributed by atoms with Crippen LogP contribution in [-0.4, -0.2) is 10.9 Å². The molecule has 2 heterocycles. The molecular formula is C30H26N2O3. The first kappa shape index (κ1) is 21.4. The number of nitrogens with zero attached hydrogens (tertiary/aromatic N) is 2. The van der Waals surface area contributed by atoms with Gasteiger partial charge in [-0.15, -0.1) is 0 Å².